The summed E-state index contributed by atoms with van der Waals surface area (Å²) < 4.78 is 0. The van der Waals surface area contributed by atoms with Crippen LogP contribution >= 0.6 is 0 Å². The summed E-state index contributed by atoms with van der Waals surface area (Å²) in [7, 11) is 1.74. The van der Waals surface area contributed by atoms with Gasteiger partial charge in [-0.3, -0.25) is 14.7 Å². The molecule has 1 aliphatic rings. The molecule has 0 radical (unpaired) electrons. The fraction of sp³-hybridized carbons (Fsp3) is 0.833. The first kappa shape index (κ1) is 21.3. The van der Waals surface area contributed by atoms with Crippen LogP contribution in [0.15, 0.2) is 4.99 Å². The number of nitrogens with one attached hydrogen (secondary N) is 3. The molecule has 2 atom stereocenters. The van der Waals surface area contributed by atoms with Gasteiger partial charge < -0.3 is 16.0 Å². The van der Waals surface area contributed by atoms with E-state index < -0.39 is 5.54 Å². The molecule has 3 amide bonds. The van der Waals surface area contributed by atoms with Crippen molar-refractivity contribution in [1.82, 2.24) is 20.9 Å². The lowest BCUT2D eigenvalue weighted by Crippen LogP contribution is -2.44. The molecule has 7 nitrogen and oxygen atoms in total. The largest absolute Gasteiger partial charge is 0.356 e. The van der Waals surface area contributed by atoms with Crippen molar-refractivity contribution in [3.63, 3.8) is 0 Å². The van der Waals surface area contributed by atoms with Crippen molar-refractivity contribution in [2.75, 3.05) is 20.1 Å². The van der Waals surface area contributed by atoms with Gasteiger partial charge in [0.2, 0.25) is 0 Å². The van der Waals surface area contributed by atoms with Gasteiger partial charge >= 0.3 is 6.03 Å². The van der Waals surface area contributed by atoms with Crippen LogP contribution in [0.2, 0.25) is 0 Å². The zero-order valence-electron chi connectivity index (χ0n) is 16.6. The predicted molar refractivity (Wildman–Crippen MR) is 102 cm³/mol. The molecule has 1 rings (SSSR count). The quantitative estimate of drug-likeness (QED) is 0.256. The molecule has 0 spiro atoms. The number of aliphatic imine (C=N–C) groups is 1. The van der Waals surface area contributed by atoms with E-state index >= 15 is 0 Å². The molecule has 1 heterocycles. The Labute approximate surface area is 152 Å². The first-order chi connectivity index (χ1) is 11.7. The highest BCUT2D eigenvalue weighted by molar-refractivity contribution is 6.06. The summed E-state index contributed by atoms with van der Waals surface area (Å²) >= 11 is 0. The summed E-state index contributed by atoms with van der Waals surface area (Å²) in [5, 5.41) is 9.39. The van der Waals surface area contributed by atoms with E-state index in [0.717, 1.165) is 12.4 Å². The second kappa shape index (κ2) is 9.63. The van der Waals surface area contributed by atoms with Crippen LogP contribution in [-0.4, -0.2) is 54.5 Å². The summed E-state index contributed by atoms with van der Waals surface area (Å²) in [6, 6.07) is 0.0592. The van der Waals surface area contributed by atoms with Crippen LogP contribution < -0.4 is 16.0 Å². The van der Waals surface area contributed by atoms with E-state index in [2.05, 4.69) is 41.7 Å². The maximum absolute atomic E-state index is 12.3. The summed E-state index contributed by atoms with van der Waals surface area (Å²) in [6.07, 6.45) is 3.54. The van der Waals surface area contributed by atoms with Gasteiger partial charge in [0, 0.05) is 26.2 Å². The Kier molecular flexibility index (Phi) is 8.19. The van der Waals surface area contributed by atoms with Gasteiger partial charge in [0.25, 0.3) is 5.91 Å². The Hall–Kier alpha value is -1.79. The summed E-state index contributed by atoms with van der Waals surface area (Å²) in [4.78, 5) is 29.8. The maximum Gasteiger partial charge on any atom is 0.325 e. The Morgan fingerprint density at radius 1 is 1.28 bits per heavy atom. The first-order valence-electron chi connectivity index (χ1n) is 9.34. The number of rotatable bonds is 9. The van der Waals surface area contributed by atoms with Crippen LogP contribution in [0.1, 0.15) is 60.3 Å². The molecule has 0 aromatic heterocycles. The van der Waals surface area contributed by atoms with Crippen LogP contribution in [0.5, 0.6) is 0 Å². The summed E-state index contributed by atoms with van der Waals surface area (Å²) in [6.45, 7) is 11.3. The molecule has 0 aliphatic carbocycles. The Morgan fingerprint density at radius 2 is 1.96 bits per heavy atom. The molecule has 1 saturated heterocycles. The van der Waals surface area contributed by atoms with E-state index in [1.54, 1.807) is 14.0 Å². The third-order valence-corrected chi connectivity index (χ3v) is 4.69. The van der Waals surface area contributed by atoms with E-state index in [1.807, 2.05) is 6.92 Å². The van der Waals surface area contributed by atoms with Gasteiger partial charge in [0.05, 0.1) is 0 Å². The van der Waals surface area contributed by atoms with Crippen LogP contribution in [0, 0.1) is 5.92 Å². The van der Waals surface area contributed by atoms with Crippen molar-refractivity contribution in [2.24, 2.45) is 10.9 Å². The minimum Gasteiger partial charge on any atom is -0.356 e. The number of hydrogen-bond donors (Lipinski definition) is 3. The Morgan fingerprint density at radius 3 is 2.48 bits per heavy atom. The predicted octanol–water partition coefficient (Wildman–Crippen LogP) is 2.09. The van der Waals surface area contributed by atoms with E-state index in [9.17, 15) is 9.59 Å². The second-order valence-corrected chi connectivity index (χ2v) is 7.44. The molecule has 7 heteroatoms. The van der Waals surface area contributed by atoms with Crippen molar-refractivity contribution in [3.05, 3.63) is 0 Å². The van der Waals surface area contributed by atoms with Crippen LogP contribution in [-0.2, 0) is 4.79 Å². The number of carbonyl (C=O) groups is 2. The number of nitrogens with zero attached hydrogens (tertiary/aromatic N) is 2. The normalized spacial score (nSPS) is 22.4. The van der Waals surface area contributed by atoms with Gasteiger partial charge in [0.1, 0.15) is 5.54 Å². The van der Waals surface area contributed by atoms with Crippen molar-refractivity contribution in [3.8, 4) is 0 Å². The monoisotopic (exact) mass is 353 g/mol. The standard InChI is InChI=1S/C18H35N5O2/c1-7-18(5)15(24)23(17(25)22-18)12-8-11-20-16(19-6)21-14(4)10-9-13(2)3/h13-14H,7-12H2,1-6H3,(H,22,25)(H2,19,20,21). The smallest absolute Gasteiger partial charge is 0.325 e. The maximum atomic E-state index is 12.3. The Balaban J connectivity index is 2.34. The fourth-order valence-electron chi connectivity index (χ4n) is 2.72. The van der Waals surface area contributed by atoms with Gasteiger partial charge in [-0.05, 0) is 45.4 Å². The lowest BCUT2D eigenvalue weighted by molar-refractivity contribution is -0.130. The average Bonchev–Trinajstić information content (AvgIpc) is 2.78. The number of urea groups is 1. The van der Waals surface area contributed by atoms with Crippen molar-refractivity contribution in [1.29, 1.82) is 0 Å². The Bertz CT molecular complexity index is 492. The lowest BCUT2D eigenvalue weighted by atomic mass is 9.99. The molecule has 2 unspecified atom stereocenters. The number of carbonyl (C=O) groups excluding carboxylic acids is 2. The summed E-state index contributed by atoms with van der Waals surface area (Å²) in [5.41, 5.74) is -0.756. The highest BCUT2D eigenvalue weighted by Gasteiger charge is 2.45. The van der Waals surface area contributed by atoms with E-state index in [0.29, 0.717) is 37.9 Å². The number of amides is 3. The molecule has 0 bridgehead atoms. The molecular formula is C18H35N5O2. The second-order valence-electron chi connectivity index (χ2n) is 7.44. The zero-order valence-corrected chi connectivity index (χ0v) is 16.6. The minimum atomic E-state index is -0.756. The number of hydrogen-bond acceptors (Lipinski definition) is 3. The fourth-order valence-corrected chi connectivity index (χ4v) is 2.72. The molecular weight excluding hydrogens is 318 g/mol. The van der Waals surface area contributed by atoms with Gasteiger partial charge in [0.15, 0.2) is 5.96 Å². The lowest BCUT2D eigenvalue weighted by Gasteiger charge is -2.20. The number of imide groups is 1. The SMILES string of the molecule is CCC1(C)NC(=O)N(CCCNC(=NC)NC(C)CCC(C)C)C1=O. The molecule has 144 valence electrons. The van der Waals surface area contributed by atoms with Crippen molar-refractivity contribution < 1.29 is 9.59 Å². The minimum absolute atomic E-state index is 0.134. The number of guanidine groups is 1. The van der Waals surface area contributed by atoms with E-state index in [4.69, 9.17) is 0 Å². The molecule has 0 aromatic rings. The first-order valence-corrected chi connectivity index (χ1v) is 9.34. The van der Waals surface area contributed by atoms with Crippen molar-refractivity contribution in [2.45, 2.75) is 71.9 Å². The van der Waals surface area contributed by atoms with E-state index in [1.165, 1.54) is 11.3 Å². The van der Waals surface area contributed by atoms with Gasteiger partial charge in [-0.25, -0.2) is 4.79 Å². The van der Waals surface area contributed by atoms with Gasteiger partial charge in [-0.2, -0.15) is 0 Å². The molecule has 3 N–H and O–H groups in total. The van der Waals surface area contributed by atoms with Crippen LogP contribution in [0.3, 0.4) is 0 Å². The third kappa shape index (κ3) is 6.21. The van der Waals surface area contributed by atoms with Crippen molar-refractivity contribution >= 4 is 17.9 Å². The summed E-state index contributed by atoms with van der Waals surface area (Å²) in [5.74, 6) is 1.31. The third-order valence-electron chi connectivity index (χ3n) is 4.69. The van der Waals surface area contributed by atoms with Gasteiger partial charge in [-0.15, -0.1) is 0 Å². The zero-order chi connectivity index (χ0) is 19.0. The van der Waals surface area contributed by atoms with Gasteiger partial charge in [-0.1, -0.05) is 20.8 Å². The topological polar surface area (TPSA) is 85.8 Å². The highest BCUT2D eigenvalue weighted by Crippen LogP contribution is 2.20. The van der Waals surface area contributed by atoms with E-state index in [-0.39, 0.29) is 11.9 Å². The van der Waals surface area contributed by atoms with Crippen LogP contribution in [0.4, 0.5) is 4.79 Å². The molecule has 1 aliphatic heterocycles. The average molecular weight is 354 g/mol. The molecule has 25 heavy (non-hydrogen) atoms. The molecule has 0 saturated carbocycles. The molecule has 0 aromatic carbocycles. The molecule has 1 fully saturated rings. The highest BCUT2D eigenvalue weighted by atomic mass is 16.2. The van der Waals surface area contributed by atoms with Crippen LogP contribution in [0.25, 0.3) is 0 Å².